The Bertz CT molecular complexity index is 2010. The van der Waals surface area contributed by atoms with E-state index in [0.717, 1.165) is 131 Å². The summed E-state index contributed by atoms with van der Waals surface area (Å²) in [5, 5.41) is 0. The van der Waals surface area contributed by atoms with Crippen LogP contribution in [0.25, 0.3) is 0 Å². The highest BCUT2D eigenvalue weighted by Gasteiger charge is 2.37. The average molecular weight is 775 g/mol. The molecule has 0 N–H and O–H groups in total. The number of benzene rings is 4. The van der Waals surface area contributed by atoms with Gasteiger partial charge in [0, 0.05) is 43.8 Å². The molecule has 4 aromatic carbocycles. The second-order valence-electron chi connectivity index (χ2n) is 16.2. The molecular weight excluding hydrogens is 713 g/mol. The fraction of sp³-hybridized carbons (Fsp3) is 0.500. The quantitative estimate of drug-likeness (QED) is 0.103. The molecule has 2 atom stereocenters. The largest absolute Gasteiger partial charge is 0.490 e. The van der Waals surface area contributed by atoms with Crippen molar-refractivity contribution in [2.24, 2.45) is 0 Å². The first-order valence-corrected chi connectivity index (χ1v) is 21.6. The lowest BCUT2D eigenvalue weighted by Gasteiger charge is -2.39. The predicted molar refractivity (Wildman–Crippen MR) is 227 cm³/mol. The van der Waals surface area contributed by atoms with Gasteiger partial charge >= 0.3 is 0 Å². The first kappa shape index (κ1) is 39.5. The Balaban J connectivity index is 1.17. The van der Waals surface area contributed by atoms with Crippen LogP contribution in [0.15, 0.2) is 60.7 Å². The average Bonchev–Trinajstić information content (AvgIpc) is 3.22. The van der Waals surface area contributed by atoms with Crippen molar-refractivity contribution in [3.05, 3.63) is 94.0 Å². The van der Waals surface area contributed by atoms with E-state index in [0.29, 0.717) is 19.0 Å². The van der Waals surface area contributed by atoms with Gasteiger partial charge in [0.05, 0.1) is 13.2 Å². The van der Waals surface area contributed by atoms with Crippen LogP contribution in [0.5, 0.6) is 46.0 Å². The summed E-state index contributed by atoms with van der Waals surface area (Å²) in [4.78, 5) is 9.80. The Morgan fingerprint density at radius 2 is 1.19 bits per heavy atom. The molecule has 304 valence electrons. The summed E-state index contributed by atoms with van der Waals surface area (Å²) in [6.07, 6.45) is 5.43. The van der Waals surface area contributed by atoms with Crippen LogP contribution in [0.3, 0.4) is 0 Å². The predicted octanol–water partition coefficient (Wildman–Crippen LogP) is 9.46. The van der Waals surface area contributed by atoms with Crippen LogP contribution in [-0.2, 0) is 25.7 Å². The summed E-state index contributed by atoms with van der Waals surface area (Å²) in [5.74, 6) is 6.17. The van der Waals surface area contributed by atoms with Crippen molar-refractivity contribution in [3.8, 4) is 46.0 Å². The highest BCUT2D eigenvalue weighted by atomic mass is 16.6. The minimum Gasteiger partial charge on any atom is -0.490 e. The van der Waals surface area contributed by atoms with Gasteiger partial charge in [0.25, 0.3) is 0 Å². The molecule has 9 heteroatoms. The van der Waals surface area contributed by atoms with E-state index in [4.69, 9.17) is 23.7 Å². The number of likely N-dealkylation sites (N-methyl/N-ethyl adjacent to an activating group) is 2. The van der Waals surface area contributed by atoms with Crippen LogP contribution in [0.2, 0.25) is 0 Å². The summed E-state index contributed by atoms with van der Waals surface area (Å²) in [6, 6.07) is 22.1. The van der Waals surface area contributed by atoms with Crippen LogP contribution < -0.4 is 23.7 Å². The molecule has 0 unspecified atom stereocenters. The Hall–Kier alpha value is -4.28. The molecule has 7 bridgehead atoms. The molecule has 0 saturated carbocycles. The second kappa shape index (κ2) is 17.7. The van der Waals surface area contributed by atoms with Gasteiger partial charge in [0.15, 0.2) is 34.5 Å². The van der Waals surface area contributed by atoms with Gasteiger partial charge in [-0.15, -0.1) is 0 Å². The van der Waals surface area contributed by atoms with Gasteiger partial charge in [-0.2, -0.15) is 0 Å². The van der Waals surface area contributed by atoms with Crippen molar-refractivity contribution >= 4 is 0 Å². The monoisotopic (exact) mass is 774 g/mol. The fourth-order valence-corrected chi connectivity index (χ4v) is 9.14. The SMILES string of the molecule is CCN(CC)CCCOc1ccc2cc1Oc1ccc(cc1)C[C@H]1c3c(cc(OCCCN(CC)CC)c4c3Oc3cc5c(cc3O4)CCN(C)[C@H]5C2)CCN1C. The van der Waals surface area contributed by atoms with Crippen LogP contribution >= 0.6 is 0 Å². The summed E-state index contributed by atoms with van der Waals surface area (Å²) >= 11 is 0. The number of nitrogens with zero attached hydrogens (tertiary/aromatic N) is 4. The van der Waals surface area contributed by atoms with E-state index < -0.39 is 0 Å². The molecule has 0 aliphatic carbocycles. The zero-order valence-corrected chi connectivity index (χ0v) is 35.1. The third-order valence-electron chi connectivity index (χ3n) is 12.7. The molecule has 5 aliphatic rings. The first-order valence-electron chi connectivity index (χ1n) is 21.6. The van der Waals surface area contributed by atoms with E-state index in [-0.39, 0.29) is 12.1 Å². The highest BCUT2D eigenvalue weighted by Crippen LogP contribution is 2.57. The molecule has 0 amide bonds. The molecule has 0 fully saturated rings. The van der Waals surface area contributed by atoms with E-state index >= 15 is 0 Å². The molecule has 0 spiro atoms. The topological polar surface area (TPSA) is 59.1 Å². The van der Waals surface area contributed by atoms with Crippen molar-refractivity contribution in [3.63, 3.8) is 0 Å². The fourth-order valence-electron chi connectivity index (χ4n) is 9.14. The van der Waals surface area contributed by atoms with Crippen LogP contribution in [0.1, 0.15) is 86.0 Å². The zero-order chi connectivity index (χ0) is 39.5. The smallest absolute Gasteiger partial charge is 0.212 e. The lowest BCUT2D eigenvalue weighted by Crippen LogP contribution is -2.34. The normalized spacial score (nSPS) is 18.5. The molecule has 9 rings (SSSR count). The Kier molecular flexibility index (Phi) is 12.3. The standard InChI is InChI=1S/C48H62N4O5/c1-7-51(8-2)21-11-25-53-41-18-15-34-28-39-38-32-44-43(30-35(38)19-23-49(39)5)56-47-45(54-26-12-22-52(9-3)10-4)31-36-20-24-50(6)40(46(36)48(47)57-44)27-33-13-16-37(17-14-33)55-42(41)29-34/h13-18,29-32,39-40H,7-12,19-28H2,1-6H3/t39-,40-/m0/s1. The zero-order valence-electron chi connectivity index (χ0n) is 35.1. The lowest BCUT2D eigenvalue weighted by molar-refractivity contribution is 0.214. The van der Waals surface area contributed by atoms with Crippen molar-refractivity contribution in [1.29, 1.82) is 0 Å². The maximum atomic E-state index is 7.13. The third-order valence-corrected chi connectivity index (χ3v) is 12.7. The molecule has 9 nitrogen and oxygen atoms in total. The lowest BCUT2D eigenvalue weighted by atomic mass is 9.86. The number of rotatable bonds is 14. The molecule has 4 aromatic rings. The van der Waals surface area contributed by atoms with Crippen molar-refractivity contribution in [1.82, 2.24) is 19.6 Å². The van der Waals surface area contributed by atoms with Crippen LogP contribution in [0, 0.1) is 0 Å². The molecule has 5 aliphatic heterocycles. The van der Waals surface area contributed by atoms with Crippen molar-refractivity contribution in [2.45, 2.75) is 78.3 Å². The van der Waals surface area contributed by atoms with E-state index in [2.05, 4.69) is 122 Å². The van der Waals surface area contributed by atoms with Crippen molar-refractivity contribution in [2.75, 3.05) is 79.7 Å². The van der Waals surface area contributed by atoms with E-state index in [9.17, 15) is 0 Å². The second-order valence-corrected chi connectivity index (χ2v) is 16.2. The van der Waals surface area contributed by atoms with Gasteiger partial charge in [-0.1, -0.05) is 45.9 Å². The summed E-state index contributed by atoms with van der Waals surface area (Å²) in [5.41, 5.74) is 7.50. The molecule has 0 aromatic heterocycles. The van der Waals surface area contributed by atoms with E-state index in [1.807, 2.05) is 0 Å². The number of ether oxygens (including phenoxy) is 5. The van der Waals surface area contributed by atoms with Crippen LogP contribution in [0.4, 0.5) is 0 Å². The minimum absolute atomic E-state index is 0.0968. The molecule has 57 heavy (non-hydrogen) atoms. The van der Waals surface area contributed by atoms with E-state index in [1.54, 1.807) is 0 Å². The van der Waals surface area contributed by atoms with E-state index in [1.165, 1.54) is 33.4 Å². The summed E-state index contributed by atoms with van der Waals surface area (Å²) in [7, 11) is 4.46. The van der Waals surface area contributed by atoms with Gasteiger partial charge in [-0.05, 0) is 149 Å². The van der Waals surface area contributed by atoms with Crippen LogP contribution in [-0.4, -0.2) is 99.3 Å². The maximum Gasteiger partial charge on any atom is 0.212 e. The number of fused-ring (bicyclic) bond motifs is 2. The Morgan fingerprint density at radius 1 is 0.596 bits per heavy atom. The molecule has 0 saturated heterocycles. The van der Waals surface area contributed by atoms with Gasteiger partial charge < -0.3 is 33.5 Å². The molecular formula is C48H62N4O5. The van der Waals surface area contributed by atoms with Crippen molar-refractivity contribution < 1.29 is 23.7 Å². The number of hydrogen-bond donors (Lipinski definition) is 0. The first-order chi connectivity index (χ1) is 27.8. The third kappa shape index (κ3) is 8.49. The van der Waals surface area contributed by atoms with Gasteiger partial charge in [0.1, 0.15) is 5.75 Å². The maximum absolute atomic E-state index is 7.13. The molecule has 5 heterocycles. The Labute approximate surface area is 340 Å². The van der Waals surface area contributed by atoms with Gasteiger partial charge in [-0.3, -0.25) is 9.80 Å². The minimum atomic E-state index is 0.0968. The highest BCUT2D eigenvalue weighted by molar-refractivity contribution is 5.67. The summed E-state index contributed by atoms with van der Waals surface area (Å²) < 4.78 is 33.8. The molecule has 0 radical (unpaired) electrons. The van der Waals surface area contributed by atoms with Gasteiger partial charge in [-0.25, -0.2) is 0 Å². The van der Waals surface area contributed by atoms with Gasteiger partial charge in [0.2, 0.25) is 5.75 Å². The summed E-state index contributed by atoms with van der Waals surface area (Å²) in [6.45, 7) is 18.3. The number of hydrogen-bond acceptors (Lipinski definition) is 9. The Morgan fingerprint density at radius 3 is 1.89 bits per heavy atom.